The second kappa shape index (κ2) is 9.02. The number of amides is 1. The second-order valence-corrected chi connectivity index (χ2v) is 11.4. The van der Waals surface area contributed by atoms with E-state index >= 15 is 0 Å². The molecule has 1 amide bonds. The van der Waals surface area contributed by atoms with E-state index in [0.29, 0.717) is 16.0 Å². The van der Waals surface area contributed by atoms with Crippen LogP contribution in [0.2, 0.25) is 0 Å². The number of nitrogens with one attached hydrogen (secondary N) is 2. The molecule has 2 aromatic rings. The summed E-state index contributed by atoms with van der Waals surface area (Å²) in [5.41, 5.74) is 0.0708. The average Bonchev–Trinajstić information content (AvgIpc) is 3.12. The van der Waals surface area contributed by atoms with Gasteiger partial charge in [-0.1, -0.05) is 27.7 Å². The van der Waals surface area contributed by atoms with Gasteiger partial charge in [0.2, 0.25) is 10.2 Å². The molecule has 0 radical (unpaired) electrons. The Balaban J connectivity index is 2.42. The molecule has 1 heterocycles. The number of rotatable bonds is 7. The molecule has 7 nitrogen and oxygen atoms in total. The Morgan fingerprint density at radius 3 is 2.45 bits per heavy atom. The Labute approximate surface area is 186 Å². The van der Waals surface area contributed by atoms with E-state index in [1.165, 1.54) is 26.1 Å². The van der Waals surface area contributed by atoms with Crippen LogP contribution in [0.25, 0.3) is 0 Å². The highest BCUT2D eigenvalue weighted by atomic mass is 32.2. The van der Waals surface area contributed by atoms with Crippen molar-refractivity contribution in [1.29, 1.82) is 10.0 Å². The molecular weight excluding hydrogens is 439 g/mol. The summed E-state index contributed by atoms with van der Waals surface area (Å²) in [4.78, 5) is 17.1. The smallest absolute Gasteiger partial charge is 0.237 e. The quantitative estimate of drug-likeness (QED) is 0.560. The van der Waals surface area contributed by atoms with Gasteiger partial charge in [0.1, 0.15) is 11.9 Å². The van der Waals surface area contributed by atoms with Crippen LogP contribution < -0.4 is 4.72 Å². The van der Waals surface area contributed by atoms with E-state index in [4.69, 9.17) is 4.78 Å². The molecule has 0 saturated carbocycles. The third kappa shape index (κ3) is 5.47. The maximum Gasteiger partial charge on any atom is 0.237 e. The number of halogens is 1. The standard InChI is InChI=1S/C21H27FN4O3S2/c1-11(2)14-7-13(9-23)19(22)18(12(3)4)15(14)8-17(27)26-31(24,29)20-25-10-16(30-20)21(5,6)28/h7,10-12,28H,8H2,1-6H3,(H2,24,26,27,29)/t31-/m0/s1. The van der Waals surface area contributed by atoms with Crippen molar-refractivity contribution in [1.82, 2.24) is 9.71 Å². The lowest BCUT2D eigenvalue weighted by atomic mass is 9.85. The lowest BCUT2D eigenvalue weighted by Gasteiger charge is -2.21. The van der Waals surface area contributed by atoms with Gasteiger partial charge in [0.05, 0.1) is 22.5 Å². The first-order valence-corrected chi connectivity index (χ1v) is 12.1. The van der Waals surface area contributed by atoms with Gasteiger partial charge in [0, 0.05) is 6.20 Å². The number of aliphatic hydroxyl groups is 1. The zero-order chi connectivity index (χ0) is 23.7. The Kier molecular flexibility index (Phi) is 7.25. The molecule has 0 bridgehead atoms. The van der Waals surface area contributed by atoms with Crippen molar-refractivity contribution in [2.75, 3.05) is 0 Å². The highest BCUT2D eigenvalue weighted by Crippen LogP contribution is 2.33. The predicted molar refractivity (Wildman–Crippen MR) is 118 cm³/mol. The average molecular weight is 467 g/mol. The van der Waals surface area contributed by atoms with Crippen molar-refractivity contribution >= 4 is 27.2 Å². The zero-order valence-corrected chi connectivity index (χ0v) is 20.0. The number of nitrogens with zero attached hydrogens (tertiary/aromatic N) is 2. The summed E-state index contributed by atoms with van der Waals surface area (Å²) in [7, 11) is -3.76. The molecule has 10 heteroatoms. The van der Waals surface area contributed by atoms with E-state index in [2.05, 4.69) is 9.71 Å². The summed E-state index contributed by atoms with van der Waals surface area (Å²) in [5.74, 6) is -1.75. The largest absolute Gasteiger partial charge is 0.385 e. The first kappa shape index (κ1) is 24.9. The van der Waals surface area contributed by atoms with Crippen LogP contribution in [0.5, 0.6) is 0 Å². The van der Waals surface area contributed by atoms with E-state index in [1.807, 2.05) is 19.9 Å². The molecule has 0 aliphatic carbocycles. The molecule has 2 rings (SSSR count). The molecule has 0 fully saturated rings. The van der Waals surface area contributed by atoms with Crippen molar-refractivity contribution in [3.05, 3.63) is 45.2 Å². The van der Waals surface area contributed by atoms with Crippen molar-refractivity contribution in [2.45, 2.75) is 69.7 Å². The summed E-state index contributed by atoms with van der Waals surface area (Å²) in [6.07, 6.45) is 1.04. The van der Waals surface area contributed by atoms with Gasteiger partial charge in [-0.05, 0) is 48.4 Å². The summed E-state index contributed by atoms with van der Waals surface area (Å²) >= 11 is 0.884. The van der Waals surface area contributed by atoms with Gasteiger partial charge in [-0.2, -0.15) is 5.26 Å². The van der Waals surface area contributed by atoms with Crippen LogP contribution >= 0.6 is 11.3 Å². The normalized spacial score (nSPS) is 13.8. The summed E-state index contributed by atoms with van der Waals surface area (Å²) in [6.45, 7) is 10.4. The van der Waals surface area contributed by atoms with E-state index in [1.54, 1.807) is 13.8 Å². The van der Waals surface area contributed by atoms with Gasteiger partial charge in [0.15, 0.2) is 9.92 Å². The van der Waals surface area contributed by atoms with Crippen LogP contribution in [0.1, 0.15) is 80.5 Å². The van der Waals surface area contributed by atoms with Gasteiger partial charge >= 0.3 is 0 Å². The van der Waals surface area contributed by atoms with Crippen LogP contribution in [0.3, 0.4) is 0 Å². The Morgan fingerprint density at radius 1 is 1.39 bits per heavy atom. The van der Waals surface area contributed by atoms with E-state index < -0.39 is 27.2 Å². The maximum atomic E-state index is 14.9. The fourth-order valence-corrected chi connectivity index (χ4v) is 5.40. The minimum Gasteiger partial charge on any atom is -0.385 e. The van der Waals surface area contributed by atoms with Gasteiger partial charge in [-0.25, -0.2) is 18.4 Å². The maximum absolute atomic E-state index is 14.9. The molecule has 0 unspecified atom stereocenters. The monoisotopic (exact) mass is 466 g/mol. The molecule has 1 atom stereocenters. The minimum atomic E-state index is -3.76. The number of hydrogen-bond acceptors (Lipinski definition) is 7. The summed E-state index contributed by atoms with van der Waals surface area (Å²) in [6, 6.07) is 3.31. The number of thiazole rings is 1. The summed E-state index contributed by atoms with van der Waals surface area (Å²) in [5, 5.41) is 19.3. The van der Waals surface area contributed by atoms with Crippen LogP contribution in [0, 0.1) is 21.9 Å². The number of benzene rings is 1. The number of carbonyl (C=O) groups is 1. The minimum absolute atomic E-state index is 0.0808. The van der Waals surface area contributed by atoms with Crippen LogP contribution in [-0.2, 0) is 26.7 Å². The topological polar surface area (TPSA) is 127 Å². The van der Waals surface area contributed by atoms with E-state index in [0.717, 1.165) is 11.3 Å². The first-order chi connectivity index (χ1) is 14.2. The highest BCUT2D eigenvalue weighted by Gasteiger charge is 2.27. The third-order valence-corrected chi connectivity index (χ3v) is 7.87. The summed E-state index contributed by atoms with van der Waals surface area (Å²) < 4.78 is 37.9. The first-order valence-electron chi connectivity index (χ1n) is 9.72. The lowest BCUT2D eigenvalue weighted by molar-refractivity contribution is -0.118. The molecule has 1 aromatic heterocycles. The Morgan fingerprint density at radius 2 is 2.00 bits per heavy atom. The van der Waals surface area contributed by atoms with Gasteiger partial charge in [-0.3, -0.25) is 9.52 Å². The Hall–Kier alpha value is -2.35. The number of carbonyl (C=O) groups excluding carboxylic acids is 1. The second-order valence-electron chi connectivity index (χ2n) is 8.45. The van der Waals surface area contributed by atoms with Gasteiger partial charge < -0.3 is 5.11 Å². The van der Waals surface area contributed by atoms with E-state index in [9.17, 15) is 23.8 Å². The molecule has 0 saturated heterocycles. The van der Waals surface area contributed by atoms with Crippen LogP contribution in [-0.4, -0.2) is 20.2 Å². The molecular formula is C21H27FN4O3S2. The highest BCUT2D eigenvalue weighted by molar-refractivity contribution is 7.93. The molecule has 0 aliphatic heterocycles. The molecule has 0 spiro atoms. The SMILES string of the molecule is CC(C)c1cc(C#N)c(F)c(C(C)C)c1CC(=O)N[S@](=N)(=O)c1ncc(C(C)(C)O)s1. The molecule has 1 aromatic carbocycles. The molecule has 168 valence electrons. The fraction of sp³-hybridized carbons (Fsp3) is 0.476. The van der Waals surface area contributed by atoms with Crippen molar-refractivity contribution < 1.29 is 18.5 Å². The van der Waals surface area contributed by atoms with Crippen molar-refractivity contribution in [3.8, 4) is 6.07 Å². The van der Waals surface area contributed by atoms with E-state index in [-0.39, 0.29) is 33.7 Å². The molecule has 0 aliphatic rings. The predicted octanol–water partition coefficient (Wildman–Crippen LogP) is 4.31. The Bertz CT molecular complexity index is 1140. The number of nitriles is 1. The zero-order valence-electron chi connectivity index (χ0n) is 18.4. The fourth-order valence-electron chi connectivity index (χ4n) is 3.21. The van der Waals surface area contributed by atoms with Crippen molar-refractivity contribution in [3.63, 3.8) is 0 Å². The van der Waals surface area contributed by atoms with Crippen LogP contribution in [0.4, 0.5) is 4.39 Å². The molecule has 3 N–H and O–H groups in total. The van der Waals surface area contributed by atoms with Gasteiger partial charge in [0.25, 0.3) is 0 Å². The van der Waals surface area contributed by atoms with Crippen molar-refractivity contribution in [2.24, 2.45) is 0 Å². The number of hydrogen-bond donors (Lipinski definition) is 3. The van der Waals surface area contributed by atoms with Crippen LogP contribution in [0.15, 0.2) is 16.6 Å². The number of aromatic nitrogens is 1. The van der Waals surface area contributed by atoms with Gasteiger partial charge in [-0.15, -0.1) is 11.3 Å². The molecule has 31 heavy (non-hydrogen) atoms. The third-order valence-electron chi connectivity index (χ3n) is 4.69. The lowest BCUT2D eigenvalue weighted by Crippen LogP contribution is -2.31.